The van der Waals surface area contributed by atoms with Crippen LogP contribution in [-0.2, 0) is 10.2 Å². The Kier molecular flexibility index (Phi) is 4.19. The summed E-state index contributed by atoms with van der Waals surface area (Å²) in [4.78, 5) is 12.7. The fraction of sp³-hybridized carbons (Fsp3) is 0.278. The van der Waals surface area contributed by atoms with Gasteiger partial charge in [0.2, 0.25) is 5.91 Å². The lowest BCUT2D eigenvalue weighted by Gasteiger charge is -2.22. The zero-order valence-electron chi connectivity index (χ0n) is 12.1. The van der Waals surface area contributed by atoms with Crippen LogP contribution in [-0.4, -0.2) is 17.6 Å². The van der Waals surface area contributed by atoms with E-state index in [1.54, 1.807) is 0 Å². The SMILES string of the molecule is O=C(NC(CO)c1ccccc1)C1(c2ccc(Cl)cc2)CC1. The predicted octanol–water partition coefficient (Wildman–Crippen LogP) is 3.22. The van der Waals surface area contributed by atoms with E-state index in [0.717, 1.165) is 24.0 Å². The molecule has 0 bridgehead atoms. The molecule has 2 aromatic rings. The summed E-state index contributed by atoms with van der Waals surface area (Å²) in [5.41, 5.74) is 1.43. The van der Waals surface area contributed by atoms with Crippen molar-refractivity contribution in [2.24, 2.45) is 0 Å². The molecule has 1 fully saturated rings. The summed E-state index contributed by atoms with van der Waals surface area (Å²) >= 11 is 5.91. The molecular weight excluding hydrogens is 298 g/mol. The van der Waals surface area contributed by atoms with Crippen molar-refractivity contribution in [2.75, 3.05) is 6.61 Å². The molecule has 2 aromatic carbocycles. The van der Waals surface area contributed by atoms with Gasteiger partial charge in [-0.3, -0.25) is 4.79 Å². The number of nitrogens with one attached hydrogen (secondary N) is 1. The Bertz CT molecular complexity index is 651. The van der Waals surface area contributed by atoms with Crippen LogP contribution in [0.2, 0.25) is 5.02 Å². The fourth-order valence-electron chi connectivity index (χ4n) is 2.76. The Hall–Kier alpha value is -1.84. The first kappa shape index (κ1) is 15.1. The van der Waals surface area contributed by atoms with Crippen LogP contribution in [0.15, 0.2) is 54.6 Å². The summed E-state index contributed by atoms with van der Waals surface area (Å²) in [6.07, 6.45) is 1.65. The number of benzene rings is 2. The molecule has 1 amide bonds. The molecule has 3 rings (SSSR count). The van der Waals surface area contributed by atoms with Crippen molar-refractivity contribution < 1.29 is 9.90 Å². The van der Waals surface area contributed by atoms with Crippen molar-refractivity contribution in [3.8, 4) is 0 Å². The monoisotopic (exact) mass is 315 g/mol. The molecular formula is C18H18ClNO2. The maximum atomic E-state index is 12.7. The molecule has 114 valence electrons. The van der Waals surface area contributed by atoms with Gasteiger partial charge >= 0.3 is 0 Å². The second-order valence-electron chi connectivity index (χ2n) is 5.71. The molecule has 3 nitrogen and oxygen atoms in total. The largest absolute Gasteiger partial charge is 0.394 e. The van der Waals surface area contributed by atoms with E-state index in [-0.39, 0.29) is 18.6 Å². The summed E-state index contributed by atoms with van der Waals surface area (Å²) < 4.78 is 0. The van der Waals surface area contributed by atoms with Gasteiger partial charge in [-0.05, 0) is 36.1 Å². The van der Waals surface area contributed by atoms with Gasteiger partial charge in [0.15, 0.2) is 0 Å². The maximum Gasteiger partial charge on any atom is 0.231 e. The van der Waals surface area contributed by atoms with Crippen LogP contribution in [0, 0.1) is 0 Å². The van der Waals surface area contributed by atoms with Crippen LogP contribution in [0.4, 0.5) is 0 Å². The number of carbonyl (C=O) groups excluding carboxylic acids is 1. The molecule has 1 atom stereocenters. The lowest BCUT2D eigenvalue weighted by atomic mass is 9.94. The lowest BCUT2D eigenvalue weighted by Crippen LogP contribution is -2.38. The summed E-state index contributed by atoms with van der Waals surface area (Å²) in [5.74, 6) is -0.0299. The zero-order chi connectivity index (χ0) is 15.6. The molecule has 1 saturated carbocycles. The molecule has 0 spiro atoms. The summed E-state index contributed by atoms with van der Waals surface area (Å²) in [6.45, 7) is -0.119. The minimum Gasteiger partial charge on any atom is -0.394 e. The molecule has 0 aliphatic heterocycles. The van der Waals surface area contributed by atoms with E-state index in [4.69, 9.17) is 11.6 Å². The number of hydrogen-bond donors (Lipinski definition) is 2. The topological polar surface area (TPSA) is 49.3 Å². The van der Waals surface area contributed by atoms with Crippen LogP contribution >= 0.6 is 11.6 Å². The van der Waals surface area contributed by atoms with E-state index in [9.17, 15) is 9.90 Å². The van der Waals surface area contributed by atoms with Crippen molar-refractivity contribution in [1.82, 2.24) is 5.32 Å². The Labute approximate surface area is 134 Å². The standard InChI is InChI=1S/C18H18ClNO2/c19-15-8-6-14(7-9-15)18(10-11-18)17(22)20-16(12-21)13-4-2-1-3-5-13/h1-9,16,21H,10-12H2,(H,20,22). The van der Waals surface area contributed by atoms with Gasteiger partial charge in [-0.15, -0.1) is 0 Å². The highest BCUT2D eigenvalue weighted by Crippen LogP contribution is 2.48. The third-order valence-electron chi connectivity index (χ3n) is 4.27. The molecule has 2 N–H and O–H groups in total. The van der Waals surface area contributed by atoms with Gasteiger partial charge in [-0.1, -0.05) is 54.1 Å². The minimum atomic E-state index is -0.465. The Balaban J connectivity index is 1.77. The molecule has 1 aliphatic carbocycles. The maximum absolute atomic E-state index is 12.7. The van der Waals surface area contributed by atoms with E-state index in [1.807, 2.05) is 54.6 Å². The van der Waals surface area contributed by atoms with Crippen molar-refractivity contribution in [3.05, 3.63) is 70.7 Å². The molecule has 0 saturated heterocycles. The second-order valence-corrected chi connectivity index (χ2v) is 6.14. The number of aliphatic hydroxyl groups is 1. The van der Waals surface area contributed by atoms with E-state index in [2.05, 4.69) is 5.32 Å². The van der Waals surface area contributed by atoms with Crippen molar-refractivity contribution in [2.45, 2.75) is 24.3 Å². The molecule has 0 heterocycles. The van der Waals surface area contributed by atoms with E-state index in [1.165, 1.54) is 0 Å². The second kappa shape index (κ2) is 6.11. The van der Waals surface area contributed by atoms with Gasteiger partial charge in [-0.25, -0.2) is 0 Å². The van der Waals surface area contributed by atoms with E-state index in [0.29, 0.717) is 5.02 Å². The number of amides is 1. The third kappa shape index (κ3) is 2.87. The quantitative estimate of drug-likeness (QED) is 0.890. The average molecular weight is 316 g/mol. The first-order chi connectivity index (χ1) is 10.7. The first-order valence-electron chi connectivity index (χ1n) is 7.38. The van der Waals surface area contributed by atoms with Crippen LogP contribution in [0.3, 0.4) is 0 Å². The lowest BCUT2D eigenvalue weighted by molar-refractivity contribution is -0.124. The molecule has 4 heteroatoms. The number of aliphatic hydroxyl groups excluding tert-OH is 1. The van der Waals surface area contributed by atoms with E-state index >= 15 is 0 Å². The van der Waals surface area contributed by atoms with Crippen molar-refractivity contribution >= 4 is 17.5 Å². The number of hydrogen-bond acceptors (Lipinski definition) is 2. The van der Waals surface area contributed by atoms with Crippen molar-refractivity contribution in [3.63, 3.8) is 0 Å². The Morgan fingerprint density at radius 1 is 1.14 bits per heavy atom. The number of halogens is 1. The summed E-state index contributed by atoms with van der Waals surface area (Å²) in [5, 5.41) is 13.2. The smallest absolute Gasteiger partial charge is 0.231 e. The van der Waals surface area contributed by atoms with Crippen LogP contribution < -0.4 is 5.32 Å². The third-order valence-corrected chi connectivity index (χ3v) is 4.52. The van der Waals surface area contributed by atoms with Gasteiger partial charge in [0.25, 0.3) is 0 Å². The van der Waals surface area contributed by atoms with Gasteiger partial charge in [-0.2, -0.15) is 0 Å². The highest BCUT2D eigenvalue weighted by Gasteiger charge is 2.51. The van der Waals surface area contributed by atoms with Gasteiger partial charge in [0.1, 0.15) is 0 Å². The average Bonchev–Trinajstić information content (AvgIpc) is 3.36. The van der Waals surface area contributed by atoms with Crippen molar-refractivity contribution in [1.29, 1.82) is 0 Å². The summed E-state index contributed by atoms with van der Waals surface area (Å²) in [7, 11) is 0. The van der Waals surface area contributed by atoms with Gasteiger partial charge in [0.05, 0.1) is 18.1 Å². The molecule has 0 radical (unpaired) electrons. The predicted molar refractivity (Wildman–Crippen MR) is 86.8 cm³/mol. The highest BCUT2D eigenvalue weighted by atomic mass is 35.5. The highest BCUT2D eigenvalue weighted by molar-refractivity contribution is 6.30. The first-order valence-corrected chi connectivity index (χ1v) is 7.76. The molecule has 22 heavy (non-hydrogen) atoms. The number of rotatable bonds is 5. The van der Waals surface area contributed by atoms with Crippen LogP contribution in [0.5, 0.6) is 0 Å². The zero-order valence-corrected chi connectivity index (χ0v) is 12.9. The molecule has 1 aliphatic rings. The minimum absolute atomic E-state index is 0.0299. The Morgan fingerprint density at radius 2 is 1.77 bits per heavy atom. The van der Waals surface area contributed by atoms with E-state index < -0.39 is 5.41 Å². The van der Waals surface area contributed by atoms with Gasteiger partial charge in [0, 0.05) is 5.02 Å². The van der Waals surface area contributed by atoms with Gasteiger partial charge < -0.3 is 10.4 Å². The van der Waals surface area contributed by atoms with Crippen LogP contribution in [0.25, 0.3) is 0 Å². The Morgan fingerprint density at radius 3 is 2.32 bits per heavy atom. The summed E-state index contributed by atoms with van der Waals surface area (Å²) in [6, 6.07) is 16.6. The molecule has 1 unspecified atom stereocenters. The van der Waals surface area contributed by atoms with Crippen LogP contribution in [0.1, 0.15) is 30.0 Å². The normalized spacial score (nSPS) is 16.8. The fourth-order valence-corrected chi connectivity index (χ4v) is 2.88. The number of carbonyl (C=O) groups is 1. The molecule has 0 aromatic heterocycles.